The monoisotopic (exact) mass is 541 g/mol. The lowest BCUT2D eigenvalue weighted by molar-refractivity contribution is -0.268. The lowest BCUT2D eigenvalue weighted by Crippen LogP contribution is -2.38. The van der Waals surface area contributed by atoms with Crippen LogP contribution in [0.4, 0.5) is 0 Å². The first-order valence-electron chi connectivity index (χ1n) is 12.9. The fourth-order valence-corrected chi connectivity index (χ4v) is 5.46. The molecule has 200 valence electrons. The molecule has 39 heavy (non-hydrogen) atoms. The second kappa shape index (κ2) is 13.0. The molecular weight excluding hydrogens is 510 g/mol. The minimum absolute atomic E-state index is 0.00157. The van der Waals surface area contributed by atoms with E-state index in [0.29, 0.717) is 23.0 Å². The number of aromatic nitrogens is 2. The molecule has 0 unspecified atom stereocenters. The van der Waals surface area contributed by atoms with E-state index < -0.39 is 6.29 Å². The molecule has 1 fully saturated rings. The number of nitrogens with one attached hydrogen (secondary N) is 1. The normalized spacial score (nSPS) is 20.9. The molecule has 4 aromatic rings. The van der Waals surface area contributed by atoms with Gasteiger partial charge in [0.25, 0.3) is 5.91 Å². The molecule has 0 spiro atoms. The zero-order valence-electron chi connectivity index (χ0n) is 21.6. The molecule has 2 heterocycles. The van der Waals surface area contributed by atoms with Gasteiger partial charge in [-0.2, -0.15) is 0 Å². The largest absolute Gasteiger partial charge is 0.392 e. The molecule has 3 aromatic carbocycles. The summed E-state index contributed by atoms with van der Waals surface area (Å²) < 4.78 is 13.0. The van der Waals surface area contributed by atoms with Gasteiger partial charge in [0.1, 0.15) is 0 Å². The molecule has 1 aromatic heterocycles. The molecule has 8 heteroatoms. The Morgan fingerprint density at radius 2 is 1.54 bits per heavy atom. The van der Waals surface area contributed by atoms with E-state index in [1.807, 2.05) is 66.7 Å². The zero-order chi connectivity index (χ0) is 27.0. The van der Waals surface area contributed by atoms with Crippen LogP contribution in [0.1, 0.15) is 51.9 Å². The van der Waals surface area contributed by atoms with Crippen LogP contribution in [-0.4, -0.2) is 32.8 Å². The molecule has 2 N–H and O–H groups in total. The number of carbonyl (C=O) groups is 1. The summed E-state index contributed by atoms with van der Waals surface area (Å²) in [6.07, 6.45) is 2.62. The molecule has 7 nitrogen and oxygen atoms in total. The van der Waals surface area contributed by atoms with Gasteiger partial charge in [-0.05, 0) is 34.9 Å². The summed E-state index contributed by atoms with van der Waals surface area (Å²) in [4.78, 5) is 21.1. The Morgan fingerprint density at radius 1 is 0.872 bits per heavy atom. The number of aliphatic hydroxyl groups is 1. The molecule has 0 aliphatic carbocycles. The number of ether oxygens (including phenoxy) is 2. The van der Waals surface area contributed by atoms with Gasteiger partial charge in [0, 0.05) is 41.7 Å². The third-order valence-corrected chi connectivity index (χ3v) is 7.75. The van der Waals surface area contributed by atoms with Crippen LogP contribution in [0.2, 0.25) is 0 Å². The average molecular weight is 542 g/mol. The molecule has 4 atom stereocenters. The number of amides is 1. The topological polar surface area (TPSA) is 93.6 Å². The number of hydrogen-bond acceptors (Lipinski definition) is 7. The van der Waals surface area contributed by atoms with Gasteiger partial charge in [-0.3, -0.25) is 4.79 Å². The summed E-state index contributed by atoms with van der Waals surface area (Å²) in [6.45, 7) is 2.56. The van der Waals surface area contributed by atoms with Crippen LogP contribution in [0, 0.1) is 5.92 Å². The highest BCUT2D eigenvalue weighted by atomic mass is 32.2. The van der Waals surface area contributed by atoms with Crippen molar-refractivity contribution in [2.24, 2.45) is 5.92 Å². The summed E-state index contributed by atoms with van der Waals surface area (Å²) in [5, 5.41) is 13.1. The van der Waals surface area contributed by atoms with Crippen molar-refractivity contribution < 1.29 is 19.4 Å². The lowest BCUT2D eigenvalue weighted by Gasteiger charge is -2.41. The highest BCUT2D eigenvalue weighted by Crippen LogP contribution is 2.42. The Kier molecular flexibility index (Phi) is 9.00. The standard InChI is InChI=1S/C31H31N3O4S/c1-21-27(20-39-31-32-16-5-17-33-31)37-30(38-28(21)24-12-10-23(19-35)11-13-24)26-14-8-22(9-15-26)18-34-29(36)25-6-3-2-4-7-25/h2-17,21,27-28,30,35H,18-20H2,1H3,(H,34,36)/t21-,27+,28+,30+/m1/s1. The predicted molar refractivity (Wildman–Crippen MR) is 150 cm³/mol. The van der Waals surface area contributed by atoms with Gasteiger partial charge < -0.3 is 19.9 Å². The lowest BCUT2D eigenvalue weighted by atomic mass is 9.91. The number of benzene rings is 3. The maximum atomic E-state index is 12.4. The maximum absolute atomic E-state index is 12.4. The molecule has 0 bridgehead atoms. The van der Waals surface area contributed by atoms with Crippen molar-refractivity contribution in [3.8, 4) is 0 Å². The molecule has 0 radical (unpaired) electrons. The molecule has 1 aliphatic heterocycles. The second-order valence-electron chi connectivity index (χ2n) is 9.45. The molecule has 5 rings (SSSR count). The van der Waals surface area contributed by atoms with Crippen LogP contribution < -0.4 is 5.32 Å². The van der Waals surface area contributed by atoms with Crippen LogP contribution in [0.3, 0.4) is 0 Å². The van der Waals surface area contributed by atoms with Gasteiger partial charge in [-0.25, -0.2) is 9.97 Å². The van der Waals surface area contributed by atoms with Crippen molar-refractivity contribution in [1.29, 1.82) is 0 Å². The van der Waals surface area contributed by atoms with Crippen molar-refractivity contribution >= 4 is 17.7 Å². The fourth-order valence-electron chi connectivity index (χ4n) is 4.49. The van der Waals surface area contributed by atoms with E-state index in [0.717, 1.165) is 22.3 Å². The van der Waals surface area contributed by atoms with Gasteiger partial charge in [0.15, 0.2) is 11.4 Å². The van der Waals surface area contributed by atoms with Crippen LogP contribution in [0.25, 0.3) is 0 Å². The number of rotatable bonds is 9. The number of hydrogen-bond donors (Lipinski definition) is 2. The quantitative estimate of drug-likeness (QED) is 0.214. The smallest absolute Gasteiger partial charge is 0.251 e. The first-order chi connectivity index (χ1) is 19.1. The number of thioether (sulfide) groups is 1. The van der Waals surface area contributed by atoms with Crippen LogP contribution >= 0.6 is 11.8 Å². The van der Waals surface area contributed by atoms with E-state index in [2.05, 4.69) is 22.2 Å². The molecule has 1 amide bonds. The first-order valence-corrected chi connectivity index (χ1v) is 13.9. The predicted octanol–water partition coefficient (Wildman–Crippen LogP) is 5.48. The third kappa shape index (κ3) is 6.91. The highest BCUT2D eigenvalue weighted by molar-refractivity contribution is 7.99. The Balaban J connectivity index is 1.30. The van der Waals surface area contributed by atoms with Gasteiger partial charge in [-0.15, -0.1) is 0 Å². The van der Waals surface area contributed by atoms with Gasteiger partial charge in [0.2, 0.25) is 0 Å². The van der Waals surface area contributed by atoms with Gasteiger partial charge in [-0.1, -0.05) is 85.4 Å². The van der Waals surface area contributed by atoms with E-state index in [1.54, 1.807) is 42.4 Å². The van der Waals surface area contributed by atoms with Crippen molar-refractivity contribution in [2.75, 3.05) is 5.75 Å². The summed E-state index contributed by atoms with van der Waals surface area (Å²) in [6, 6.07) is 26.8. The second-order valence-corrected chi connectivity index (χ2v) is 10.4. The maximum Gasteiger partial charge on any atom is 0.251 e. The summed E-state index contributed by atoms with van der Waals surface area (Å²) in [5.74, 6) is 0.648. The van der Waals surface area contributed by atoms with E-state index in [-0.39, 0.29) is 30.6 Å². The average Bonchev–Trinajstić information content (AvgIpc) is 3.00. The van der Waals surface area contributed by atoms with Crippen LogP contribution in [-0.2, 0) is 22.6 Å². The molecular formula is C31H31N3O4S. The molecule has 1 saturated heterocycles. The Hall–Kier alpha value is -3.56. The zero-order valence-corrected chi connectivity index (χ0v) is 22.5. The Bertz CT molecular complexity index is 1340. The molecule has 1 aliphatic rings. The number of nitrogens with zero attached hydrogens (tertiary/aromatic N) is 2. The van der Waals surface area contributed by atoms with Crippen LogP contribution in [0.5, 0.6) is 0 Å². The summed E-state index contributed by atoms with van der Waals surface area (Å²) >= 11 is 1.57. The van der Waals surface area contributed by atoms with Crippen molar-refractivity contribution in [1.82, 2.24) is 15.3 Å². The van der Waals surface area contributed by atoms with Gasteiger partial charge >= 0.3 is 0 Å². The van der Waals surface area contributed by atoms with Crippen molar-refractivity contribution in [3.05, 3.63) is 125 Å². The SMILES string of the molecule is C[C@@H]1[C@H](CSc2ncccn2)O[C@H](c2ccc(CNC(=O)c3ccccc3)cc2)O[C@@H]1c1ccc(CO)cc1. The van der Waals surface area contributed by atoms with E-state index >= 15 is 0 Å². The minimum Gasteiger partial charge on any atom is -0.392 e. The van der Waals surface area contributed by atoms with Gasteiger partial charge in [0.05, 0.1) is 18.8 Å². The third-order valence-electron chi connectivity index (χ3n) is 6.78. The molecule has 0 saturated carbocycles. The van der Waals surface area contributed by atoms with E-state index in [1.165, 1.54) is 0 Å². The van der Waals surface area contributed by atoms with Crippen molar-refractivity contribution in [2.45, 2.75) is 43.7 Å². The number of carbonyl (C=O) groups excluding carboxylic acids is 1. The van der Waals surface area contributed by atoms with E-state index in [4.69, 9.17) is 9.47 Å². The summed E-state index contributed by atoms with van der Waals surface area (Å²) in [7, 11) is 0. The first kappa shape index (κ1) is 27.0. The summed E-state index contributed by atoms with van der Waals surface area (Å²) in [5.41, 5.74) is 4.42. The highest BCUT2D eigenvalue weighted by Gasteiger charge is 2.38. The van der Waals surface area contributed by atoms with Crippen LogP contribution in [0.15, 0.2) is 102 Å². The Labute approximate surface area is 232 Å². The minimum atomic E-state index is -0.557. The Morgan fingerprint density at radius 3 is 2.23 bits per heavy atom. The van der Waals surface area contributed by atoms with E-state index in [9.17, 15) is 9.90 Å². The van der Waals surface area contributed by atoms with Crippen molar-refractivity contribution in [3.63, 3.8) is 0 Å². The number of aliphatic hydroxyl groups excluding tert-OH is 1. The fraction of sp³-hybridized carbons (Fsp3) is 0.258.